The van der Waals surface area contributed by atoms with Crippen LogP contribution in [0.5, 0.6) is 0 Å². The maximum absolute atomic E-state index is 13.7. The van der Waals surface area contributed by atoms with Crippen molar-refractivity contribution in [2.75, 3.05) is 7.05 Å². The first-order valence-corrected chi connectivity index (χ1v) is 6.76. The van der Waals surface area contributed by atoms with Crippen LogP contribution in [0.15, 0.2) is 36.4 Å². The Hall–Kier alpha value is -1.45. The topological polar surface area (TPSA) is 12.0 Å². The molecule has 2 rings (SSSR count). The molecule has 0 aliphatic carbocycles. The molecule has 0 aromatic heterocycles. The predicted molar refractivity (Wildman–Crippen MR) is 78.1 cm³/mol. The van der Waals surface area contributed by atoms with Crippen LogP contribution in [-0.4, -0.2) is 7.05 Å². The summed E-state index contributed by atoms with van der Waals surface area (Å²) in [5, 5.41) is 3.76. The number of halogens is 3. The Morgan fingerprint density at radius 3 is 2.60 bits per heavy atom. The molecule has 2 aromatic carbocycles. The first-order valence-electron chi connectivity index (χ1n) is 6.38. The summed E-state index contributed by atoms with van der Waals surface area (Å²) in [5.41, 5.74) is 2.34. The second kappa shape index (κ2) is 6.33. The predicted octanol–water partition coefficient (Wildman–Crippen LogP) is 4.43. The molecule has 1 N–H and O–H groups in total. The van der Waals surface area contributed by atoms with Crippen LogP contribution in [0.3, 0.4) is 0 Å². The Bertz CT molecular complexity index is 593. The highest BCUT2D eigenvalue weighted by Gasteiger charge is 2.15. The van der Waals surface area contributed by atoms with E-state index >= 15 is 0 Å². The summed E-state index contributed by atoms with van der Waals surface area (Å²) in [5.74, 6) is -1.61. The van der Waals surface area contributed by atoms with E-state index in [1.165, 1.54) is 6.07 Å². The van der Waals surface area contributed by atoms with E-state index in [9.17, 15) is 8.78 Å². The Morgan fingerprint density at radius 2 is 1.95 bits per heavy atom. The van der Waals surface area contributed by atoms with E-state index in [0.717, 1.165) is 17.2 Å². The van der Waals surface area contributed by atoms with E-state index in [1.54, 1.807) is 13.1 Å². The van der Waals surface area contributed by atoms with Gasteiger partial charge in [-0.15, -0.1) is 0 Å². The summed E-state index contributed by atoms with van der Waals surface area (Å²) in [6.07, 6.45) is 0.361. The average molecular weight is 296 g/mol. The number of aryl methyl sites for hydroxylation is 1. The molecular weight excluding hydrogens is 280 g/mol. The molecule has 1 unspecified atom stereocenters. The number of rotatable bonds is 4. The zero-order chi connectivity index (χ0) is 14.7. The molecule has 0 fully saturated rings. The molecule has 0 aliphatic rings. The van der Waals surface area contributed by atoms with Crippen molar-refractivity contribution in [3.8, 4) is 0 Å². The third-order valence-corrected chi connectivity index (χ3v) is 3.49. The summed E-state index contributed by atoms with van der Waals surface area (Å²) >= 11 is 6.05. The van der Waals surface area contributed by atoms with Crippen LogP contribution in [0, 0.1) is 18.6 Å². The summed E-state index contributed by atoms with van der Waals surface area (Å²) in [6, 6.07) is 9.81. The lowest BCUT2D eigenvalue weighted by atomic mass is 9.97. The largest absolute Gasteiger partial charge is 0.313 e. The number of hydrogen-bond acceptors (Lipinski definition) is 1. The third-order valence-electron chi connectivity index (χ3n) is 3.27. The Balaban J connectivity index is 2.31. The highest BCUT2D eigenvalue weighted by Crippen LogP contribution is 2.24. The summed E-state index contributed by atoms with van der Waals surface area (Å²) in [6.45, 7) is 1.95. The van der Waals surface area contributed by atoms with Gasteiger partial charge in [0.25, 0.3) is 0 Å². The van der Waals surface area contributed by atoms with Crippen LogP contribution < -0.4 is 5.32 Å². The molecule has 0 saturated heterocycles. The van der Waals surface area contributed by atoms with Crippen molar-refractivity contribution in [2.24, 2.45) is 0 Å². The van der Waals surface area contributed by atoms with Gasteiger partial charge in [0.05, 0.1) is 0 Å². The molecule has 0 bridgehead atoms. The van der Waals surface area contributed by atoms with E-state index in [-0.39, 0.29) is 6.04 Å². The van der Waals surface area contributed by atoms with Gasteiger partial charge in [-0.05, 0) is 55.3 Å². The van der Waals surface area contributed by atoms with Crippen molar-refractivity contribution < 1.29 is 8.78 Å². The molecule has 0 aliphatic heterocycles. The van der Waals surface area contributed by atoms with Crippen molar-refractivity contribution in [3.63, 3.8) is 0 Å². The van der Waals surface area contributed by atoms with Crippen LogP contribution in [0.1, 0.15) is 22.7 Å². The number of likely N-dealkylation sites (N-methyl/N-ethyl adjacent to an activating group) is 1. The van der Waals surface area contributed by atoms with E-state index < -0.39 is 11.6 Å². The standard InChI is InChI=1S/C16H16ClF2N/c1-10-6-12(8-13(17)7-10)15(20-2)9-11-4-3-5-14(18)16(11)19/h3-8,15,20H,9H2,1-2H3. The second-order valence-corrected chi connectivity index (χ2v) is 5.26. The van der Waals surface area contributed by atoms with E-state index in [4.69, 9.17) is 11.6 Å². The number of benzene rings is 2. The van der Waals surface area contributed by atoms with Gasteiger partial charge in [-0.3, -0.25) is 0 Å². The molecule has 1 atom stereocenters. The molecule has 0 radical (unpaired) electrons. The summed E-state index contributed by atoms with van der Waals surface area (Å²) in [4.78, 5) is 0. The minimum atomic E-state index is -0.820. The maximum atomic E-state index is 13.7. The van der Waals surface area contributed by atoms with Crippen molar-refractivity contribution in [3.05, 3.63) is 69.7 Å². The fourth-order valence-corrected chi connectivity index (χ4v) is 2.58. The lowest BCUT2D eigenvalue weighted by molar-refractivity contribution is 0.487. The van der Waals surface area contributed by atoms with Gasteiger partial charge in [-0.1, -0.05) is 29.8 Å². The first-order chi connectivity index (χ1) is 9.51. The quantitative estimate of drug-likeness (QED) is 0.880. The van der Waals surface area contributed by atoms with Gasteiger partial charge in [-0.25, -0.2) is 8.78 Å². The highest BCUT2D eigenvalue weighted by atomic mass is 35.5. The van der Waals surface area contributed by atoms with Gasteiger partial charge in [0.1, 0.15) is 0 Å². The second-order valence-electron chi connectivity index (χ2n) is 4.82. The van der Waals surface area contributed by atoms with Gasteiger partial charge in [-0.2, -0.15) is 0 Å². The smallest absolute Gasteiger partial charge is 0.162 e. The van der Waals surface area contributed by atoms with Gasteiger partial charge >= 0.3 is 0 Å². The van der Waals surface area contributed by atoms with Crippen LogP contribution in [0.2, 0.25) is 5.02 Å². The molecule has 0 heterocycles. The van der Waals surface area contributed by atoms with Crippen LogP contribution in [0.4, 0.5) is 8.78 Å². The summed E-state index contributed by atoms with van der Waals surface area (Å²) in [7, 11) is 1.79. The molecule has 0 amide bonds. The first kappa shape index (κ1) is 14.9. The SMILES string of the molecule is CNC(Cc1cccc(F)c1F)c1cc(C)cc(Cl)c1. The highest BCUT2D eigenvalue weighted by molar-refractivity contribution is 6.30. The Labute approximate surface area is 122 Å². The molecule has 1 nitrogen and oxygen atoms in total. The fraction of sp³-hybridized carbons (Fsp3) is 0.250. The van der Waals surface area contributed by atoms with Crippen LogP contribution >= 0.6 is 11.6 Å². The molecule has 2 aromatic rings. The normalized spacial score (nSPS) is 12.4. The zero-order valence-corrected chi connectivity index (χ0v) is 12.1. The lowest BCUT2D eigenvalue weighted by Gasteiger charge is -2.18. The van der Waals surface area contributed by atoms with Gasteiger partial charge < -0.3 is 5.32 Å². The van der Waals surface area contributed by atoms with Gasteiger partial charge in [0, 0.05) is 11.1 Å². The van der Waals surface area contributed by atoms with E-state index in [0.29, 0.717) is 17.0 Å². The monoisotopic (exact) mass is 295 g/mol. The van der Waals surface area contributed by atoms with Gasteiger partial charge in [0.2, 0.25) is 0 Å². The summed E-state index contributed by atoms with van der Waals surface area (Å²) < 4.78 is 27.0. The Kier molecular flexibility index (Phi) is 4.73. The number of nitrogens with one attached hydrogen (secondary N) is 1. The van der Waals surface area contributed by atoms with Crippen molar-refractivity contribution >= 4 is 11.6 Å². The molecule has 0 saturated carbocycles. The van der Waals surface area contributed by atoms with Gasteiger partial charge in [0.15, 0.2) is 11.6 Å². The maximum Gasteiger partial charge on any atom is 0.162 e. The zero-order valence-electron chi connectivity index (χ0n) is 11.4. The fourth-order valence-electron chi connectivity index (χ4n) is 2.28. The average Bonchev–Trinajstić information content (AvgIpc) is 2.39. The Morgan fingerprint density at radius 1 is 1.20 bits per heavy atom. The molecule has 106 valence electrons. The number of hydrogen-bond donors (Lipinski definition) is 1. The third kappa shape index (κ3) is 3.35. The van der Waals surface area contributed by atoms with Crippen LogP contribution in [0.25, 0.3) is 0 Å². The van der Waals surface area contributed by atoms with E-state index in [2.05, 4.69) is 5.32 Å². The van der Waals surface area contributed by atoms with Crippen molar-refractivity contribution in [2.45, 2.75) is 19.4 Å². The van der Waals surface area contributed by atoms with Crippen molar-refractivity contribution in [1.82, 2.24) is 5.32 Å². The molecule has 20 heavy (non-hydrogen) atoms. The molecular formula is C16H16ClF2N. The van der Waals surface area contributed by atoms with Crippen LogP contribution in [-0.2, 0) is 6.42 Å². The van der Waals surface area contributed by atoms with E-state index in [1.807, 2.05) is 25.1 Å². The van der Waals surface area contributed by atoms with Crippen molar-refractivity contribution in [1.29, 1.82) is 0 Å². The lowest BCUT2D eigenvalue weighted by Crippen LogP contribution is -2.19. The minimum Gasteiger partial charge on any atom is -0.313 e. The molecule has 4 heteroatoms. The molecule has 0 spiro atoms. The minimum absolute atomic E-state index is 0.122.